The summed E-state index contributed by atoms with van der Waals surface area (Å²) in [5.74, 6) is 2.48. The number of halogens is 1. The molecule has 3 rings (SSSR count). The zero-order chi connectivity index (χ0) is 13.5. The monoisotopic (exact) mass is 278 g/mol. The van der Waals surface area contributed by atoms with Gasteiger partial charge in [-0.2, -0.15) is 0 Å². The van der Waals surface area contributed by atoms with Crippen LogP contribution in [0.5, 0.6) is 5.75 Å². The highest BCUT2D eigenvalue weighted by molar-refractivity contribution is 6.30. The van der Waals surface area contributed by atoms with Crippen LogP contribution in [0, 0.1) is 5.92 Å². The Kier molecular flexibility index (Phi) is 3.48. The Hall–Kier alpha value is -0.730. The lowest BCUT2D eigenvalue weighted by molar-refractivity contribution is 0.0209. The maximum atomic E-state index is 6.25. The van der Waals surface area contributed by atoms with Gasteiger partial charge in [-0.3, -0.25) is 0 Å². The Morgan fingerprint density at radius 1 is 1.32 bits per heavy atom. The van der Waals surface area contributed by atoms with E-state index in [9.17, 15) is 0 Å². The third-order valence-corrected chi connectivity index (χ3v) is 4.41. The highest BCUT2D eigenvalue weighted by Crippen LogP contribution is 2.42. The zero-order valence-electron chi connectivity index (χ0n) is 11.7. The summed E-state index contributed by atoms with van der Waals surface area (Å²) >= 11 is 6.04. The summed E-state index contributed by atoms with van der Waals surface area (Å²) in [5.41, 5.74) is 1.35. The second kappa shape index (κ2) is 4.99. The number of likely N-dealkylation sites (tertiary alicyclic amines) is 1. The van der Waals surface area contributed by atoms with Crippen LogP contribution < -0.4 is 4.74 Å². The molecule has 1 fully saturated rings. The predicted octanol–water partition coefficient (Wildman–Crippen LogP) is 3.72. The Balaban J connectivity index is 1.66. The zero-order valence-corrected chi connectivity index (χ0v) is 12.5. The molecule has 3 heteroatoms. The summed E-state index contributed by atoms with van der Waals surface area (Å²) in [5, 5.41) is 0.768. The number of rotatable bonds is 2. The summed E-state index contributed by atoms with van der Waals surface area (Å²) in [6.07, 6.45) is 3.28. The first-order valence-corrected chi connectivity index (χ1v) is 7.43. The molecule has 0 atom stereocenters. The standard InChI is InChI=1S/C16H21ClNO/c1-12(2)11-18-7-5-16(6-8-18)10-13-3-4-14(17)9-15(13)19-16/h3-4,9H,5-8,10-11H2,1-2H3. The van der Waals surface area contributed by atoms with Crippen LogP contribution in [0.2, 0.25) is 5.02 Å². The van der Waals surface area contributed by atoms with Gasteiger partial charge in [-0.05, 0) is 23.6 Å². The fraction of sp³-hybridized carbons (Fsp3) is 0.562. The molecule has 1 aromatic carbocycles. The number of nitrogens with zero attached hydrogens (tertiary/aromatic N) is 1. The molecule has 0 saturated carbocycles. The minimum atomic E-state index is 0.0329. The van der Waals surface area contributed by atoms with Crippen LogP contribution in [-0.4, -0.2) is 30.1 Å². The normalized spacial score (nSPS) is 21.7. The molecule has 2 aliphatic rings. The van der Waals surface area contributed by atoms with Crippen LogP contribution in [0.1, 0.15) is 32.3 Å². The average molecular weight is 279 g/mol. The largest absolute Gasteiger partial charge is 0.486 e. The van der Waals surface area contributed by atoms with Gasteiger partial charge >= 0.3 is 0 Å². The van der Waals surface area contributed by atoms with Crippen molar-refractivity contribution in [1.82, 2.24) is 4.90 Å². The molecule has 0 bridgehead atoms. The van der Waals surface area contributed by atoms with Gasteiger partial charge in [0.15, 0.2) is 0 Å². The molecule has 2 heterocycles. The van der Waals surface area contributed by atoms with E-state index < -0.39 is 0 Å². The van der Waals surface area contributed by atoms with Crippen LogP contribution in [-0.2, 0) is 6.42 Å². The van der Waals surface area contributed by atoms with Gasteiger partial charge in [-0.25, -0.2) is 0 Å². The van der Waals surface area contributed by atoms with E-state index in [1.165, 1.54) is 11.5 Å². The Morgan fingerprint density at radius 2 is 2.05 bits per heavy atom. The van der Waals surface area contributed by atoms with Gasteiger partial charge in [-0.1, -0.05) is 31.5 Å². The SMILES string of the molecule is C[C](C)CN1CCC2(CC1)Cc1ccc(Cl)cc1O2. The number of ether oxygens (including phenoxy) is 1. The Bertz CT molecular complexity index is 464. The molecule has 2 aliphatic heterocycles. The van der Waals surface area contributed by atoms with Gasteiger partial charge < -0.3 is 9.64 Å². The number of hydrogen-bond donors (Lipinski definition) is 0. The third-order valence-electron chi connectivity index (χ3n) is 4.18. The predicted molar refractivity (Wildman–Crippen MR) is 78.8 cm³/mol. The molecule has 0 amide bonds. The molecule has 1 saturated heterocycles. The van der Waals surface area contributed by atoms with Crippen molar-refractivity contribution in [2.24, 2.45) is 0 Å². The van der Waals surface area contributed by atoms with Crippen LogP contribution >= 0.6 is 11.6 Å². The summed E-state index contributed by atoms with van der Waals surface area (Å²) in [4.78, 5) is 2.53. The van der Waals surface area contributed by atoms with E-state index in [-0.39, 0.29) is 5.60 Å². The summed E-state index contributed by atoms with van der Waals surface area (Å²) in [6, 6.07) is 6.04. The lowest BCUT2D eigenvalue weighted by Crippen LogP contribution is -2.47. The quantitative estimate of drug-likeness (QED) is 0.817. The molecule has 19 heavy (non-hydrogen) atoms. The molecule has 1 aromatic rings. The summed E-state index contributed by atoms with van der Waals surface area (Å²) in [6.45, 7) is 7.79. The number of fused-ring (bicyclic) bond motifs is 1. The van der Waals surface area contributed by atoms with E-state index in [4.69, 9.17) is 16.3 Å². The molecular formula is C16H21ClNO. The van der Waals surface area contributed by atoms with Crippen molar-refractivity contribution >= 4 is 11.6 Å². The molecule has 1 radical (unpaired) electrons. The number of piperidine rings is 1. The first-order valence-electron chi connectivity index (χ1n) is 7.05. The highest BCUT2D eigenvalue weighted by Gasteiger charge is 2.41. The van der Waals surface area contributed by atoms with Gasteiger partial charge in [0.1, 0.15) is 11.4 Å². The maximum Gasteiger partial charge on any atom is 0.124 e. The molecule has 0 aromatic heterocycles. The van der Waals surface area contributed by atoms with Gasteiger partial charge in [0, 0.05) is 43.9 Å². The van der Waals surface area contributed by atoms with Gasteiger partial charge in [0.05, 0.1) is 0 Å². The van der Waals surface area contributed by atoms with Crippen molar-refractivity contribution in [3.63, 3.8) is 0 Å². The number of benzene rings is 1. The van der Waals surface area contributed by atoms with E-state index in [1.807, 2.05) is 12.1 Å². The highest BCUT2D eigenvalue weighted by atomic mass is 35.5. The lowest BCUT2D eigenvalue weighted by Gasteiger charge is -2.39. The second-order valence-corrected chi connectivity index (χ2v) is 6.63. The van der Waals surface area contributed by atoms with E-state index in [0.29, 0.717) is 0 Å². The minimum Gasteiger partial charge on any atom is -0.486 e. The molecule has 1 spiro atoms. The summed E-state index contributed by atoms with van der Waals surface area (Å²) < 4.78 is 6.25. The maximum absolute atomic E-state index is 6.25. The van der Waals surface area contributed by atoms with E-state index in [0.717, 1.165) is 49.7 Å². The first kappa shape index (κ1) is 13.3. The van der Waals surface area contributed by atoms with Crippen LogP contribution in [0.15, 0.2) is 18.2 Å². The molecule has 0 N–H and O–H groups in total. The molecule has 0 aliphatic carbocycles. The summed E-state index contributed by atoms with van der Waals surface area (Å²) in [7, 11) is 0. The van der Waals surface area contributed by atoms with Crippen molar-refractivity contribution in [3.8, 4) is 5.75 Å². The van der Waals surface area contributed by atoms with Crippen LogP contribution in [0.4, 0.5) is 0 Å². The average Bonchev–Trinajstić information content (AvgIpc) is 2.69. The Labute approximate surface area is 120 Å². The van der Waals surface area contributed by atoms with Crippen molar-refractivity contribution in [1.29, 1.82) is 0 Å². The van der Waals surface area contributed by atoms with Crippen LogP contribution in [0.25, 0.3) is 0 Å². The fourth-order valence-electron chi connectivity index (χ4n) is 3.23. The molecular weight excluding hydrogens is 258 g/mol. The van der Waals surface area contributed by atoms with Crippen molar-refractivity contribution in [3.05, 3.63) is 34.7 Å². The van der Waals surface area contributed by atoms with E-state index in [1.54, 1.807) is 0 Å². The van der Waals surface area contributed by atoms with Crippen molar-refractivity contribution < 1.29 is 4.74 Å². The van der Waals surface area contributed by atoms with E-state index in [2.05, 4.69) is 24.8 Å². The van der Waals surface area contributed by atoms with Gasteiger partial charge in [0.25, 0.3) is 0 Å². The first-order chi connectivity index (χ1) is 9.06. The smallest absolute Gasteiger partial charge is 0.124 e. The lowest BCUT2D eigenvalue weighted by atomic mass is 9.87. The second-order valence-electron chi connectivity index (χ2n) is 6.20. The minimum absolute atomic E-state index is 0.0329. The van der Waals surface area contributed by atoms with Crippen molar-refractivity contribution in [2.45, 2.75) is 38.7 Å². The van der Waals surface area contributed by atoms with Gasteiger partial charge in [0.2, 0.25) is 0 Å². The van der Waals surface area contributed by atoms with E-state index >= 15 is 0 Å². The number of hydrogen-bond acceptors (Lipinski definition) is 2. The van der Waals surface area contributed by atoms with Crippen LogP contribution in [0.3, 0.4) is 0 Å². The fourth-order valence-corrected chi connectivity index (χ4v) is 3.39. The molecule has 103 valence electrons. The molecule has 2 nitrogen and oxygen atoms in total. The van der Waals surface area contributed by atoms with Crippen molar-refractivity contribution in [2.75, 3.05) is 19.6 Å². The topological polar surface area (TPSA) is 12.5 Å². The van der Waals surface area contributed by atoms with Gasteiger partial charge in [-0.15, -0.1) is 0 Å². The Morgan fingerprint density at radius 3 is 2.74 bits per heavy atom. The third kappa shape index (κ3) is 2.75. The molecule has 0 unspecified atom stereocenters.